The maximum atomic E-state index is 12.9. The van der Waals surface area contributed by atoms with Crippen LogP contribution in [0.5, 0.6) is 0 Å². The molecule has 0 saturated heterocycles. The first-order chi connectivity index (χ1) is 5.58. The van der Waals surface area contributed by atoms with Crippen LogP contribution in [-0.4, -0.2) is 4.89 Å². The van der Waals surface area contributed by atoms with Gasteiger partial charge in [-0.05, 0) is 17.9 Å². The molecule has 1 atom stereocenters. The molecule has 4 heteroatoms. The molecular formula is C8H8FO2P. The number of rotatable bonds is 2. The van der Waals surface area contributed by atoms with E-state index in [-0.39, 0.29) is 5.30 Å². The summed E-state index contributed by atoms with van der Waals surface area (Å²) in [5, 5.41) is -0.194. The molecule has 0 spiro atoms. The third kappa shape index (κ3) is 1.63. The van der Waals surface area contributed by atoms with Crippen LogP contribution in [0.25, 0.3) is 0 Å². The molecule has 12 heavy (non-hydrogen) atoms. The molecule has 2 nitrogen and oxygen atoms in total. The Balaban J connectivity index is 3.29. The lowest BCUT2D eigenvalue weighted by Crippen LogP contribution is -2.06. The molecule has 0 fully saturated rings. The Bertz CT molecular complexity index is 349. The van der Waals surface area contributed by atoms with E-state index in [1.165, 1.54) is 18.2 Å². The molecule has 0 bridgehead atoms. The quantitative estimate of drug-likeness (QED) is 0.716. The van der Waals surface area contributed by atoms with Crippen molar-refractivity contribution in [3.05, 3.63) is 42.5 Å². The first-order valence-corrected chi connectivity index (χ1v) is 5.02. The molecule has 0 saturated carbocycles. The molecule has 1 N–H and O–H groups in total. The van der Waals surface area contributed by atoms with E-state index in [1.807, 2.05) is 0 Å². The lowest BCUT2D eigenvalue weighted by molar-refractivity contribution is 0.497. The van der Waals surface area contributed by atoms with Crippen LogP contribution in [-0.2, 0) is 4.57 Å². The molecule has 64 valence electrons. The van der Waals surface area contributed by atoms with Crippen LogP contribution < -0.4 is 5.30 Å². The first-order valence-electron chi connectivity index (χ1n) is 3.29. The zero-order valence-corrected chi connectivity index (χ0v) is 7.17. The topological polar surface area (TPSA) is 37.3 Å². The van der Waals surface area contributed by atoms with Crippen LogP contribution >= 0.6 is 7.37 Å². The van der Waals surface area contributed by atoms with Gasteiger partial charge in [-0.3, -0.25) is 4.57 Å². The van der Waals surface area contributed by atoms with Gasteiger partial charge in [0.25, 0.3) is 7.37 Å². The lowest BCUT2D eigenvalue weighted by atomic mass is 10.3. The van der Waals surface area contributed by atoms with Crippen LogP contribution in [0.4, 0.5) is 4.39 Å². The fraction of sp³-hybridized carbons (Fsp3) is 0. The predicted octanol–water partition coefficient (Wildman–Crippen LogP) is 1.86. The van der Waals surface area contributed by atoms with E-state index in [2.05, 4.69) is 6.58 Å². The van der Waals surface area contributed by atoms with Gasteiger partial charge >= 0.3 is 0 Å². The fourth-order valence-corrected chi connectivity index (χ4v) is 1.69. The van der Waals surface area contributed by atoms with E-state index in [9.17, 15) is 13.8 Å². The van der Waals surface area contributed by atoms with E-state index in [1.54, 1.807) is 0 Å². The zero-order chi connectivity index (χ0) is 9.19. The Labute approximate surface area is 69.8 Å². The zero-order valence-electron chi connectivity index (χ0n) is 6.27. The van der Waals surface area contributed by atoms with Gasteiger partial charge in [0.05, 0.1) is 5.30 Å². The Morgan fingerprint density at radius 1 is 1.50 bits per heavy atom. The van der Waals surface area contributed by atoms with E-state index in [0.717, 1.165) is 11.9 Å². The van der Waals surface area contributed by atoms with Crippen molar-refractivity contribution in [2.24, 2.45) is 0 Å². The standard InChI is InChI=1S/C8H8FO2P/c1-2-12(10,11)8-6-4-3-5-7(8)9/h2-6H,1H2,(H,10,11). The highest BCUT2D eigenvalue weighted by Gasteiger charge is 2.19. The third-order valence-corrected chi connectivity index (χ3v) is 2.99. The maximum absolute atomic E-state index is 12.9. The first kappa shape index (κ1) is 9.17. The molecule has 0 aliphatic heterocycles. The molecule has 1 aromatic rings. The van der Waals surface area contributed by atoms with Gasteiger partial charge in [0.1, 0.15) is 5.82 Å². The predicted molar refractivity (Wildman–Crippen MR) is 46.1 cm³/mol. The van der Waals surface area contributed by atoms with Crippen molar-refractivity contribution in [1.29, 1.82) is 0 Å². The van der Waals surface area contributed by atoms with Crippen molar-refractivity contribution in [2.75, 3.05) is 0 Å². The van der Waals surface area contributed by atoms with Crippen molar-refractivity contribution in [1.82, 2.24) is 0 Å². The number of hydrogen-bond acceptors (Lipinski definition) is 1. The van der Waals surface area contributed by atoms with Gasteiger partial charge in [-0.2, -0.15) is 0 Å². The highest BCUT2D eigenvalue weighted by molar-refractivity contribution is 7.69. The number of hydrogen-bond donors (Lipinski definition) is 1. The minimum atomic E-state index is -3.67. The summed E-state index contributed by atoms with van der Waals surface area (Å²) in [7, 11) is -3.67. The van der Waals surface area contributed by atoms with Gasteiger partial charge in [0.2, 0.25) is 0 Å². The minimum Gasteiger partial charge on any atom is -0.338 e. The van der Waals surface area contributed by atoms with Gasteiger partial charge in [0.15, 0.2) is 0 Å². The fourth-order valence-electron chi connectivity index (χ4n) is 0.810. The second kappa shape index (κ2) is 3.21. The largest absolute Gasteiger partial charge is 0.338 e. The second-order valence-electron chi connectivity index (χ2n) is 2.26. The van der Waals surface area contributed by atoms with Crippen LogP contribution in [0.15, 0.2) is 36.7 Å². The van der Waals surface area contributed by atoms with E-state index < -0.39 is 13.2 Å². The summed E-state index contributed by atoms with van der Waals surface area (Å²) in [6.45, 7) is 3.17. The third-order valence-electron chi connectivity index (χ3n) is 1.45. The highest BCUT2D eigenvalue weighted by Crippen LogP contribution is 2.40. The molecule has 0 heterocycles. The van der Waals surface area contributed by atoms with Gasteiger partial charge < -0.3 is 4.89 Å². The summed E-state index contributed by atoms with van der Waals surface area (Å²) in [6.07, 6.45) is 0. The molecule has 1 unspecified atom stereocenters. The summed E-state index contributed by atoms with van der Waals surface area (Å²) < 4.78 is 24.1. The van der Waals surface area contributed by atoms with E-state index in [4.69, 9.17) is 0 Å². The van der Waals surface area contributed by atoms with Crippen LogP contribution in [0.1, 0.15) is 0 Å². The van der Waals surface area contributed by atoms with Crippen molar-refractivity contribution < 1.29 is 13.8 Å². The Hall–Kier alpha value is -0.920. The summed E-state index contributed by atoms with van der Waals surface area (Å²) in [5.74, 6) is 0.189. The van der Waals surface area contributed by atoms with Crippen LogP contribution in [0.3, 0.4) is 0 Å². The maximum Gasteiger partial charge on any atom is 0.254 e. The molecule has 1 rings (SSSR count). The van der Waals surface area contributed by atoms with Crippen molar-refractivity contribution in [3.63, 3.8) is 0 Å². The molecule has 1 aromatic carbocycles. The van der Waals surface area contributed by atoms with Gasteiger partial charge in [-0.25, -0.2) is 4.39 Å². The summed E-state index contributed by atoms with van der Waals surface area (Å²) >= 11 is 0. The smallest absolute Gasteiger partial charge is 0.254 e. The number of halogens is 1. The molecular weight excluding hydrogens is 178 g/mol. The summed E-state index contributed by atoms with van der Waals surface area (Å²) in [6, 6.07) is 5.38. The summed E-state index contributed by atoms with van der Waals surface area (Å²) in [5.41, 5.74) is 0. The average Bonchev–Trinajstić information content (AvgIpc) is 2.05. The average molecular weight is 186 g/mol. The molecule has 0 radical (unpaired) electrons. The van der Waals surface area contributed by atoms with E-state index >= 15 is 0 Å². The highest BCUT2D eigenvalue weighted by atomic mass is 31.2. The Kier molecular flexibility index (Phi) is 2.46. The number of benzene rings is 1. The van der Waals surface area contributed by atoms with Crippen molar-refractivity contribution in [3.8, 4) is 0 Å². The monoisotopic (exact) mass is 186 g/mol. The lowest BCUT2D eigenvalue weighted by Gasteiger charge is -2.06. The van der Waals surface area contributed by atoms with Crippen LogP contribution in [0, 0.1) is 5.82 Å². The minimum absolute atomic E-state index is 0.194. The molecule has 0 aliphatic carbocycles. The molecule has 0 aromatic heterocycles. The normalized spacial score (nSPS) is 15.2. The van der Waals surface area contributed by atoms with Crippen molar-refractivity contribution >= 4 is 12.7 Å². The SMILES string of the molecule is C=CP(=O)(O)c1ccccc1F. The molecule has 0 aliphatic rings. The van der Waals surface area contributed by atoms with Crippen molar-refractivity contribution in [2.45, 2.75) is 0 Å². The molecule has 0 amide bonds. The Morgan fingerprint density at radius 2 is 2.08 bits per heavy atom. The van der Waals surface area contributed by atoms with Gasteiger partial charge in [-0.15, -0.1) is 0 Å². The van der Waals surface area contributed by atoms with E-state index in [0.29, 0.717) is 0 Å². The van der Waals surface area contributed by atoms with Crippen LogP contribution in [0.2, 0.25) is 0 Å². The van der Waals surface area contributed by atoms with Gasteiger partial charge in [-0.1, -0.05) is 18.7 Å². The second-order valence-corrected chi connectivity index (χ2v) is 4.35. The Morgan fingerprint density at radius 3 is 2.58 bits per heavy atom. The van der Waals surface area contributed by atoms with Gasteiger partial charge in [0, 0.05) is 0 Å². The summed E-state index contributed by atoms with van der Waals surface area (Å²) in [4.78, 5) is 9.17.